The molecule has 0 aliphatic rings. The van der Waals surface area contributed by atoms with Crippen molar-refractivity contribution in [2.75, 3.05) is 18.7 Å². The highest BCUT2D eigenvalue weighted by Crippen LogP contribution is 2.02. The van der Waals surface area contributed by atoms with Crippen LogP contribution in [0.1, 0.15) is 0 Å². The van der Waals surface area contributed by atoms with Gasteiger partial charge in [0.05, 0.1) is 6.67 Å². The Morgan fingerprint density at radius 2 is 1.91 bits per heavy atom. The van der Waals surface area contributed by atoms with E-state index >= 15 is 0 Å². The van der Waals surface area contributed by atoms with Crippen molar-refractivity contribution in [1.82, 2.24) is 5.32 Å². The Kier molecular flexibility index (Phi) is 3.44. The van der Waals surface area contributed by atoms with Gasteiger partial charge in [-0.05, 0) is 12.1 Å². The highest BCUT2D eigenvalue weighted by Gasteiger charge is 1.85. The molecule has 0 saturated carbocycles. The quantitative estimate of drug-likeness (QED) is 0.435. The normalized spacial score (nSPS) is 9.55. The predicted molar refractivity (Wildman–Crippen MR) is 47.1 cm³/mol. The molecule has 0 aliphatic carbocycles. The summed E-state index contributed by atoms with van der Waals surface area (Å²) in [5.41, 5.74) is 6.35. The summed E-state index contributed by atoms with van der Waals surface area (Å²) in [6.45, 7) is 1.21. The minimum Gasteiger partial charge on any atom is -0.372 e. The lowest BCUT2D eigenvalue weighted by atomic mass is 10.3. The highest BCUT2D eigenvalue weighted by molar-refractivity contribution is 5.41. The summed E-state index contributed by atoms with van der Waals surface area (Å²) in [6, 6.07) is 9.99. The minimum absolute atomic E-state index is 0.500. The predicted octanol–water partition coefficient (Wildman–Crippen LogP) is 0.562. The van der Waals surface area contributed by atoms with Gasteiger partial charge in [-0.2, -0.15) is 0 Å². The fraction of sp³-hybridized carbons (Fsp3) is 0.250. The Labute approximate surface area is 66.6 Å². The fourth-order valence-electron chi connectivity index (χ4n) is 0.793. The maximum absolute atomic E-state index is 5.24. The van der Waals surface area contributed by atoms with Crippen molar-refractivity contribution in [3.8, 4) is 0 Å². The van der Waals surface area contributed by atoms with Gasteiger partial charge in [-0.15, -0.1) is 0 Å². The standard InChI is InChI=1S/C8H13N3/c9-6-10-7-11-8-4-2-1-3-5-8/h1-5,10-11H,6-7,9H2. The SMILES string of the molecule is NCNCNc1ccccc1. The highest BCUT2D eigenvalue weighted by atomic mass is 15.1. The Morgan fingerprint density at radius 3 is 2.55 bits per heavy atom. The monoisotopic (exact) mass is 151 g/mol. The van der Waals surface area contributed by atoms with Crippen molar-refractivity contribution >= 4 is 5.69 Å². The van der Waals surface area contributed by atoms with Crippen molar-refractivity contribution in [2.45, 2.75) is 0 Å². The van der Waals surface area contributed by atoms with Gasteiger partial charge in [-0.3, -0.25) is 5.32 Å². The molecule has 0 amide bonds. The molecule has 11 heavy (non-hydrogen) atoms. The molecular weight excluding hydrogens is 138 g/mol. The first-order valence-corrected chi connectivity index (χ1v) is 3.63. The number of nitrogens with one attached hydrogen (secondary N) is 2. The minimum atomic E-state index is 0.500. The first-order valence-electron chi connectivity index (χ1n) is 3.63. The summed E-state index contributed by atoms with van der Waals surface area (Å²) in [7, 11) is 0. The molecule has 0 radical (unpaired) electrons. The van der Waals surface area contributed by atoms with E-state index in [1.807, 2.05) is 30.3 Å². The van der Waals surface area contributed by atoms with Crippen LogP contribution in [0, 0.1) is 0 Å². The van der Waals surface area contributed by atoms with E-state index in [0.29, 0.717) is 13.3 Å². The molecule has 1 aromatic rings. The number of anilines is 1. The van der Waals surface area contributed by atoms with E-state index in [2.05, 4.69) is 10.6 Å². The van der Waals surface area contributed by atoms with E-state index in [1.54, 1.807) is 0 Å². The molecule has 0 unspecified atom stereocenters. The van der Waals surface area contributed by atoms with Crippen LogP contribution in [0.4, 0.5) is 5.69 Å². The number of para-hydroxylation sites is 1. The summed E-state index contributed by atoms with van der Waals surface area (Å²) in [4.78, 5) is 0. The third kappa shape index (κ3) is 3.02. The Bertz CT molecular complexity index is 186. The molecule has 3 nitrogen and oxygen atoms in total. The van der Waals surface area contributed by atoms with Crippen LogP contribution in [0.15, 0.2) is 30.3 Å². The Balaban J connectivity index is 2.28. The van der Waals surface area contributed by atoms with Gasteiger partial charge in [-0.1, -0.05) is 18.2 Å². The van der Waals surface area contributed by atoms with Crippen LogP contribution < -0.4 is 16.4 Å². The van der Waals surface area contributed by atoms with Gasteiger partial charge in [0.25, 0.3) is 0 Å². The number of hydrogen-bond acceptors (Lipinski definition) is 3. The van der Waals surface area contributed by atoms with Crippen molar-refractivity contribution in [2.24, 2.45) is 5.73 Å². The summed E-state index contributed by atoms with van der Waals surface area (Å²) < 4.78 is 0. The molecule has 1 rings (SSSR count). The van der Waals surface area contributed by atoms with Gasteiger partial charge < -0.3 is 11.1 Å². The van der Waals surface area contributed by atoms with E-state index in [-0.39, 0.29) is 0 Å². The molecule has 0 aliphatic heterocycles. The van der Waals surface area contributed by atoms with Crippen LogP contribution in [-0.4, -0.2) is 13.3 Å². The van der Waals surface area contributed by atoms with Crippen LogP contribution in [0.3, 0.4) is 0 Å². The van der Waals surface area contributed by atoms with Crippen LogP contribution in [-0.2, 0) is 0 Å². The van der Waals surface area contributed by atoms with Gasteiger partial charge in [0.15, 0.2) is 0 Å². The average Bonchev–Trinajstić information content (AvgIpc) is 2.07. The van der Waals surface area contributed by atoms with Crippen molar-refractivity contribution < 1.29 is 0 Å². The molecule has 0 saturated heterocycles. The smallest absolute Gasteiger partial charge is 0.0662 e. The van der Waals surface area contributed by atoms with Crippen LogP contribution in [0.5, 0.6) is 0 Å². The lowest BCUT2D eigenvalue weighted by Gasteiger charge is -2.04. The van der Waals surface area contributed by atoms with Crippen LogP contribution >= 0.6 is 0 Å². The van der Waals surface area contributed by atoms with Gasteiger partial charge in [-0.25, -0.2) is 0 Å². The second kappa shape index (κ2) is 4.71. The molecule has 60 valence electrons. The number of rotatable bonds is 4. The first-order chi connectivity index (χ1) is 5.43. The first kappa shape index (κ1) is 8.04. The maximum Gasteiger partial charge on any atom is 0.0662 e. The molecule has 0 bridgehead atoms. The summed E-state index contributed by atoms with van der Waals surface area (Å²) in [5.74, 6) is 0. The molecule has 1 aromatic carbocycles. The zero-order chi connectivity index (χ0) is 7.94. The molecule has 0 heterocycles. The van der Waals surface area contributed by atoms with Crippen LogP contribution in [0.2, 0.25) is 0 Å². The zero-order valence-corrected chi connectivity index (χ0v) is 6.38. The zero-order valence-electron chi connectivity index (χ0n) is 6.38. The van der Waals surface area contributed by atoms with Gasteiger partial charge >= 0.3 is 0 Å². The van der Waals surface area contributed by atoms with E-state index in [1.165, 1.54) is 0 Å². The van der Waals surface area contributed by atoms with E-state index in [0.717, 1.165) is 5.69 Å². The number of benzene rings is 1. The van der Waals surface area contributed by atoms with E-state index in [4.69, 9.17) is 5.73 Å². The molecule has 0 atom stereocenters. The third-order valence-corrected chi connectivity index (χ3v) is 1.34. The number of nitrogens with two attached hydrogens (primary N) is 1. The van der Waals surface area contributed by atoms with E-state index < -0.39 is 0 Å². The van der Waals surface area contributed by atoms with Crippen molar-refractivity contribution in [3.63, 3.8) is 0 Å². The second-order valence-corrected chi connectivity index (χ2v) is 2.17. The molecule has 3 heteroatoms. The Hall–Kier alpha value is -1.06. The molecule has 4 N–H and O–H groups in total. The second-order valence-electron chi connectivity index (χ2n) is 2.17. The lowest BCUT2D eigenvalue weighted by molar-refractivity contribution is 0.750. The van der Waals surface area contributed by atoms with Gasteiger partial charge in [0.2, 0.25) is 0 Å². The summed E-state index contributed by atoms with van der Waals surface area (Å²) >= 11 is 0. The molecule has 0 fully saturated rings. The summed E-state index contributed by atoms with van der Waals surface area (Å²) in [5, 5.41) is 6.12. The molecule has 0 aromatic heterocycles. The molecule has 0 spiro atoms. The molecular formula is C8H13N3. The van der Waals surface area contributed by atoms with Crippen LogP contribution in [0.25, 0.3) is 0 Å². The fourth-order valence-corrected chi connectivity index (χ4v) is 0.793. The topological polar surface area (TPSA) is 50.1 Å². The number of hydrogen-bond donors (Lipinski definition) is 3. The van der Waals surface area contributed by atoms with Gasteiger partial charge in [0.1, 0.15) is 0 Å². The average molecular weight is 151 g/mol. The third-order valence-electron chi connectivity index (χ3n) is 1.34. The van der Waals surface area contributed by atoms with Gasteiger partial charge in [0, 0.05) is 12.4 Å². The van der Waals surface area contributed by atoms with Crippen molar-refractivity contribution in [1.29, 1.82) is 0 Å². The summed E-state index contributed by atoms with van der Waals surface area (Å²) in [6.07, 6.45) is 0. The lowest BCUT2D eigenvalue weighted by Crippen LogP contribution is -2.27. The maximum atomic E-state index is 5.24. The van der Waals surface area contributed by atoms with Crippen molar-refractivity contribution in [3.05, 3.63) is 30.3 Å². The largest absolute Gasteiger partial charge is 0.372 e. The van der Waals surface area contributed by atoms with E-state index in [9.17, 15) is 0 Å². The Morgan fingerprint density at radius 1 is 1.18 bits per heavy atom.